The van der Waals surface area contributed by atoms with Crippen LogP contribution < -0.4 is 16.2 Å². The molecular weight excluding hydrogens is 379 g/mol. The highest BCUT2D eigenvalue weighted by atomic mass is 19.1. The number of hydrogen-bond donors (Lipinski definition) is 3. The second kappa shape index (κ2) is 7.89. The van der Waals surface area contributed by atoms with Crippen molar-refractivity contribution in [1.29, 1.82) is 0 Å². The lowest BCUT2D eigenvalue weighted by Crippen LogP contribution is -2.53. The first-order chi connectivity index (χ1) is 14.7. The summed E-state index contributed by atoms with van der Waals surface area (Å²) in [5.41, 5.74) is 10.1. The van der Waals surface area contributed by atoms with E-state index in [1.54, 1.807) is 12.1 Å². The highest BCUT2D eigenvalue weighted by Gasteiger charge is 2.42. The number of para-hydroxylation sites is 1. The molecule has 2 aliphatic heterocycles. The van der Waals surface area contributed by atoms with E-state index in [4.69, 9.17) is 0 Å². The predicted molar refractivity (Wildman–Crippen MR) is 114 cm³/mol. The fourth-order valence-corrected chi connectivity index (χ4v) is 4.41. The van der Waals surface area contributed by atoms with Crippen LogP contribution in [0.3, 0.4) is 0 Å². The zero-order valence-electron chi connectivity index (χ0n) is 16.4. The lowest BCUT2D eigenvalue weighted by molar-refractivity contribution is 0.0598. The quantitative estimate of drug-likeness (QED) is 0.623. The fourth-order valence-electron chi connectivity index (χ4n) is 4.41. The number of nitrogens with one attached hydrogen (secondary N) is 3. The normalized spacial score (nSPS) is 23.2. The number of hydrazine groups is 1. The summed E-state index contributed by atoms with van der Waals surface area (Å²) in [5, 5.41) is 3.60. The van der Waals surface area contributed by atoms with Crippen LogP contribution in [0.25, 0.3) is 0 Å². The van der Waals surface area contributed by atoms with Crippen molar-refractivity contribution in [3.8, 4) is 0 Å². The Morgan fingerprint density at radius 3 is 2.47 bits per heavy atom. The number of rotatable bonds is 4. The van der Waals surface area contributed by atoms with Crippen molar-refractivity contribution in [2.24, 2.45) is 5.92 Å². The molecule has 1 amide bonds. The van der Waals surface area contributed by atoms with Gasteiger partial charge in [0.25, 0.3) is 5.91 Å². The van der Waals surface area contributed by atoms with Gasteiger partial charge in [0.15, 0.2) is 0 Å². The van der Waals surface area contributed by atoms with E-state index in [1.165, 1.54) is 12.1 Å². The summed E-state index contributed by atoms with van der Waals surface area (Å²) in [6.45, 7) is 1.19. The Hall–Kier alpha value is -3.22. The summed E-state index contributed by atoms with van der Waals surface area (Å²) in [4.78, 5) is 15.4. The minimum absolute atomic E-state index is 0.0166. The van der Waals surface area contributed by atoms with Crippen LogP contribution in [0.1, 0.15) is 27.5 Å². The van der Waals surface area contributed by atoms with E-state index in [2.05, 4.69) is 16.2 Å². The van der Waals surface area contributed by atoms with Gasteiger partial charge in [-0.1, -0.05) is 54.6 Å². The lowest BCUT2D eigenvalue weighted by atomic mass is 9.89. The van der Waals surface area contributed by atoms with Crippen molar-refractivity contribution >= 4 is 11.6 Å². The van der Waals surface area contributed by atoms with Crippen LogP contribution in [-0.2, 0) is 6.54 Å². The maximum Gasteiger partial charge on any atom is 0.257 e. The molecule has 0 aliphatic carbocycles. The van der Waals surface area contributed by atoms with Crippen LogP contribution in [0.15, 0.2) is 78.9 Å². The first-order valence-corrected chi connectivity index (χ1v) is 10.1. The molecule has 3 aromatic rings. The number of amides is 1. The SMILES string of the molecule is O=C1c2ccccc2NC(C2CNNC2c2ccc(F)cc2)N1Cc1ccccc1. The second-order valence-electron chi connectivity index (χ2n) is 7.77. The Morgan fingerprint density at radius 1 is 0.933 bits per heavy atom. The van der Waals surface area contributed by atoms with E-state index in [9.17, 15) is 9.18 Å². The Bertz CT molecular complexity index is 1040. The summed E-state index contributed by atoms with van der Waals surface area (Å²) in [6, 6.07) is 24.1. The molecule has 152 valence electrons. The van der Waals surface area contributed by atoms with Gasteiger partial charge < -0.3 is 10.2 Å². The van der Waals surface area contributed by atoms with Gasteiger partial charge in [-0.15, -0.1) is 0 Å². The molecule has 30 heavy (non-hydrogen) atoms. The summed E-state index contributed by atoms with van der Waals surface area (Å²) < 4.78 is 13.4. The smallest absolute Gasteiger partial charge is 0.257 e. The molecular formula is C24H23FN4O. The van der Waals surface area contributed by atoms with Gasteiger partial charge >= 0.3 is 0 Å². The third kappa shape index (κ3) is 3.44. The molecule has 0 saturated carbocycles. The fraction of sp³-hybridized carbons (Fsp3) is 0.208. The monoisotopic (exact) mass is 402 g/mol. The van der Waals surface area contributed by atoms with Gasteiger partial charge in [-0.05, 0) is 35.4 Å². The highest BCUT2D eigenvalue weighted by molar-refractivity contribution is 6.01. The number of benzene rings is 3. The van der Waals surface area contributed by atoms with Gasteiger partial charge in [0, 0.05) is 24.7 Å². The van der Waals surface area contributed by atoms with Gasteiger partial charge in [0.05, 0.1) is 11.6 Å². The average Bonchev–Trinajstić information content (AvgIpc) is 3.26. The van der Waals surface area contributed by atoms with E-state index in [0.29, 0.717) is 18.7 Å². The standard InChI is InChI=1S/C24H23FN4O/c25-18-12-10-17(11-13-18)22-20(14-26-28-22)23-27-21-9-5-4-8-19(21)24(30)29(23)15-16-6-2-1-3-7-16/h1-13,20,22-23,26-28H,14-15H2. The Balaban J connectivity index is 1.51. The molecule has 0 spiro atoms. The number of fused-ring (bicyclic) bond motifs is 1. The molecule has 5 rings (SSSR count). The molecule has 5 nitrogen and oxygen atoms in total. The van der Waals surface area contributed by atoms with Crippen molar-refractivity contribution in [1.82, 2.24) is 15.8 Å². The van der Waals surface area contributed by atoms with Crippen LogP contribution in [0.2, 0.25) is 0 Å². The number of anilines is 1. The maximum atomic E-state index is 13.5. The largest absolute Gasteiger partial charge is 0.364 e. The molecule has 1 saturated heterocycles. The Kier molecular flexibility index (Phi) is 4.94. The number of carbonyl (C=O) groups is 1. The molecule has 3 unspecified atom stereocenters. The van der Waals surface area contributed by atoms with Gasteiger partial charge in [0.2, 0.25) is 0 Å². The zero-order valence-corrected chi connectivity index (χ0v) is 16.4. The van der Waals surface area contributed by atoms with Crippen LogP contribution >= 0.6 is 0 Å². The van der Waals surface area contributed by atoms with E-state index in [-0.39, 0.29) is 29.8 Å². The first kappa shape index (κ1) is 18.8. The maximum absolute atomic E-state index is 13.5. The number of carbonyl (C=O) groups excluding carboxylic acids is 1. The highest BCUT2D eigenvalue weighted by Crippen LogP contribution is 2.35. The van der Waals surface area contributed by atoms with Crippen molar-refractivity contribution in [2.45, 2.75) is 18.8 Å². The molecule has 1 fully saturated rings. The summed E-state index contributed by atoms with van der Waals surface area (Å²) in [6.07, 6.45) is -0.217. The second-order valence-corrected chi connectivity index (χ2v) is 7.77. The van der Waals surface area contributed by atoms with Crippen molar-refractivity contribution in [2.75, 3.05) is 11.9 Å². The van der Waals surface area contributed by atoms with Gasteiger partial charge in [0.1, 0.15) is 12.0 Å². The third-order valence-electron chi connectivity index (χ3n) is 5.91. The molecule has 2 aliphatic rings. The van der Waals surface area contributed by atoms with E-state index in [1.807, 2.05) is 59.5 Å². The lowest BCUT2D eigenvalue weighted by Gasteiger charge is -2.42. The minimum Gasteiger partial charge on any atom is -0.364 e. The molecule has 0 aromatic heterocycles. The van der Waals surface area contributed by atoms with Crippen molar-refractivity contribution in [3.05, 3.63) is 101 Å². The molecule has 3 aromatic carbocycles. The molecule has 0 radical (unpaired) electrons. The number of hydrogen-bond acceptors (Lipinski definition) is 4. The molecule has 2 heterocycles. The zero-order chi connectivity index (χ0) is 20.5. The number of nitrogens with zero attached hydrogens (tertiary/aromatic N) is 1. The molecule has 6 heteroatoms. The van der Waals surface area contributed by atoms with Crippen LogP contribution in [0.4, 0.5) is 10.1 Å². The van der Waals surface area contributed by atoms with Crippen LogP contribution in [0, 0.1) is 11.7 Å². The predicted octanol–water partition coefficient (Wildman–Crippen LogP) is 3.69. The minimum atomic E-state index is -0.258. The third-order valence-corrected chi connectivity index (χ3v) is 5.91. The molecule has 3 N–H and O–H groups in total. The number of halogens is 1. The van der Waals surface area contributed by atoms with Gasteiger partial charge in [-0.2, -0.15) is 0 Å². The summed E-state index contributed by atoms with van der Waals surface area (Å²) >= 11 is 0. The van der Waals surface area contributed by atoms with E-state index in [0.717, 1.165) is 16.8 Å². The average molecular weight is 402 g/mol. The van der Waals surface area contributed by atoms with Gasteiger partial charge in [-0.25, -0.2) is 9.82 Å². The van der Waals surface area contributed by atoms with Crippen molar-refractivity contribution in [3.63, 3.8) is 0 Å². The Labute approximate surface area is 174 Å². The first-order valence-electron chi connectivity index (χ1n) is 10.1. The van der Waals surface area contributed by atoms with Crippen LogP contribution in [0.5, 0.6) is 0 Å². The molecule has 0 bridgehead atoms. The van der Waals surface area contributed by atoms with Crippen LogP contribution in [-0.4, -0.2) is 23.5 Å². The van der Waals surface area contributed by atoms with Crippen molar-refractivity contribution < 1.29 is 9.18 Å². The van der Waals surface area contributed by atoms with E-state index >= 15 is 0 Å². The van der Waals surface area contributed by atoms with E-state index < -0.39 is 0 Å². The summed E-state index contributed by atoms with van der Waals surface area (Å²) in [7, 11) is 0. The Morgan fingerprint density at radius 2 is 1.67 bits per heavy atom. The molecule has 3 atom stereocenters. The topological polar surface area (TPSA) is 56.4 Å². The summed E-state index contributed by atoms with van der Waals surface area (Å²) in [5.74, 6) is -0.189. The van der Waals surface area contributed by atoms with Gasteiger partial charge in [-0.3, -0.25) is 10.2 Å².